The highest BCUT2D eigenvalue weighted by Crippen LogP contribution is 2.07. The molecule has 0 aromatic heterocycles. The van der Waals surface area contributed by atoms with Crippen molar-refractivity contribution in [3.63, 3.8) is 0 Å². The van der Waals surface area contributed by atoms with Gasteiger partial charge < -0.3 is 9.47 Å². The molecule has 0 aliphatic carbocycles. The van der Waals surface area contributed by atoms with Gasteiger partial charge in [-0.3, -0.25) is 0 Å². The molecule has 0 atom stereocenters. The molecule has 1 aromatic carbocycles. The first-order chi connectivity index (χ1) is 6.86. The van der Waals surface area contributed by atoms with Crippen molar-refractivity contribution in [1.29, 1.82) is 0 Å². The number of benzene rings is 1. The Balaban J connectivity index is 2.42. The molecule has 1 rings (SSSR count). The van der Waals surface area contributed by atoms with E-state index in [1.807, 2.05) is 12.1 Å². The SMILES string of the molecule is CCC[SiH2]c1ccc(OCOC)cc1. The van der Waals surface area contributed by atoms with Gasteiger partial charge in [0.15, 0.2) is 6.79 Å². The zero-order chi connectivity index (χ0) is 10.2. The van der Waals surface area contributed by atoms with Gasteiger partial charge >= 0.3 is 0 Å². The first-order valence-electron chi connectivity index (χ1n) is 5.07. The number of hydrogen-bond acceptors (Lipinski definition) is 2. The third kappa shape index (κ3) is 3.94. The van der Waals surface area contributed by atoms with Gasteiger partial charge in [-0.2, -0.15) is 0 Å². The molecule has 1 aromatic rings. The van der Waals surface area contributed by atoms with Crippen molar-refractivity contribution in [3.05, 3.63) is 24.3 Å². The lowest BCUT2D eigenvalue weighted by atomic mass is 10.3. The normalized spacial score (nSPS) is 11.0. The monoisotopic (exact) mass is 210 g/mol. The Morgan fingerprint density at radius 3 is 2.50 bits per heavy atom. The zero-order valence-electron chi connectivity index (χ0n) is 8.95. The minimum absolute atomic E-state index is 0.0334. The summed E-state index contributed by atoms with van der Waals surface area (Å²) in [5.74, 6) is 0.890. The highest BCUT2D eigenvalue weighted by molar-refractivity contribution is 6.53. The second-order valence-corrected chi connectivity index (χ2v) is 5.32. The Morgan fingerprint density at radius 2 is 1.93 bits per heavy atom. The molecule has 0 bridgehead atoms. The molecule has 14 heavy (non-hydrogen) atoms. The van der Waals surface area contributed by atoms with Crippen LogP contribution in [0.15, 0.2) is 24.3 Å². The van der Waals surface area contributed by atoms with Crippen molar-refractivity contribution in [2.24, 2.45) is 0 Å². The summed E-state index contributed by atoms with van der Waals surface area (Å²) in [5.41, 5.74) is 0. The Morgan fingerprint density at radius 1 is 1.21 bits per heavy atom. The Kier molecular flexibility index (Phi) is 5.33. The largest absolute Gasteiger partial charge is 0.468 e. The molecule has 0 N–H and O–H groups in total. The highest BCUT2D eigenvalue weighted by Gasteiger charge is 1.95. The smallest absolute Gasteiger partial charge is 0.188 e. The lowest BCUT2D eigenvalue weighted by Crippen LogP contribution is -2.12. The molecule has 0 amide bonds. The summed E-state index contributed by atoms with van der Waals surface area (Å²) in [6.07, 6.45) is 1.30. The summed E-state index contributed by atoms with van der Waals surface area (Å²) in [6, 6.07) is 9.78. The van der Waals surface area contributed by atoms with E-state index in [-0.39, 0.29) is 9.52 Å². The zero-order valence-corrected chi connectivity index (χ0v) is 10.4. The van der Waals surface area contributed by atoms with Crippen molar-refractivity contribution in [1.82, 2.24) is 0 Å². The number of methoxy groups -OCH3 is 1. The van der Waals surface area contributed by atoms with Crippen molar-refractivity contribution in [3.8, 4) is 5.75 Å². The molecule has 0 saturated carbocycles. The Bertz CT molecular complexity index is 219. The summed E-state index contributed by atoms with van der Waals surface area (Å²) in [7, 11) is 1.59. The molecule has 0 heterocycles. The van der Waals surface area contributed by atoms with Crippen LogP contribution in [0, 0.1) is 0 Å². The van der Waals surface area contributed by atoms with Crippen LogP contribution in [0.1, 0.15) is 13.3 Å². The molecule has 2 nitrogen and oxygen atoms in total. The summed E-state index contributed by atoms with van der Waals surface area (Å²) < 4.78 is 10.1. The van der Waals surface area contributed by atoms with E-state index in [2.05, 4.69) is 19.1 Å². The predicted molar refractivity (Wildman–Crippen MR) is 62.2 cm³/mol. The van der Waals surface area contributed by atoms with Crippen LogP contribution in [0.4, 0.5) is 0 Å². The maximum absolute atomic E-state index is 5.31. The van der Waals surface area contributed by atoms with Gasteiger partial charge in [-0.25, -0.2) is 0 Å². The summed E-state index contributed by atoms with van der Waals surface area (Å²) >= 11 is 0. The fraction of sp³-hybridized carbons (Fsp3) is 0.455. The average Bonchev–Trinajstić information content (AvgIpc) is 2.25. The van der Waals surface area contributed by atoms with Crippen LogP contribution in [0.25, 0.3) is 0 Å². The second-order valence-electron chi connectivity index (χ2n) is 3.30. The molecular weight excluding hydrogens is 192 g/mol. The van der Waals surface area contributed by atoms with E-state index < -0.39 is 0 Å². The second kappa shape index (κ2) is 6.62. The van der Waals surface area contributed by atoms with Gasteiger partial charge in [-0.15, -0.1) is 0 Å². The van der Waals surface area contributed by atoms with Crippen molar-refractivity contribution < 1.29 is 9.47 Å². The van der Waals surface area contributed by atoms with Gasteiger partial charge in [0.1, 0.15) is 5.75 Å². The van der Waals surface area contributed by atoms with E-state index in [4.69, 9.17) is 9.47 Å². The average molecular weight is 210 g/mol. The minimum Gasteiger partial charge on any atom is -0.468 e. The van der Waals surface area contributed by atoms with E-state index in [1.54, 1.807) is 7.11 Å². The fourth-order valence-electron chi connectivity index (χ4n) is 1.26. The van der Waals surface area contributed by atoms with Gasteiger partial charge in [0.05, 0.1) is 9.52 Å². The Labute approximate surface area is 88.1 Å². The van der Waals surface area contributed by atoms with Crippen LogP contribution in [0.2, 0.25) is 6.04 Å². The van der Waals surface area contributed by atoms with Crippen LogP contribution < -0.4 is 9.92 Å². The van der Waals surface area contributed by atoms with E-state index in [0.29, 0.717) is 6.79 Å². The molecule has 0 aliphatic rings. The van der Waals surface area contributed by atoms with Crippen LogP contribution >= 0.6 is 0 Å². The topological polar surface area (TPSA) is 18.5 Å². The number of rotatable bonds is 6. The molecule has 0 aliphatic heterocycles. The lowest BCUT2D eigenvalue weighted by Gasteiger charge is -2.05. The maximum Gasteiger partial charge on any atom is 0.188 e. The Hall–Kier alpha value is -0.803. The van der Waals surface area contributed by atoms with E-state index in [0.717, 1.165) is 5.75 Å². The maximum atomic E-state index is 5.31. The summed E-state index contributed by atoms with van der Waals surface area (Å²) in [5, 5.41) is 1.51. The summed E-state index contributed by atoms with van der Waals surface area (Å²) in [4.78, 5) is 0. The van der Waals surface area contributed by atoms with E-state index in [9.17, 15) is 0 Å². The molecule has 0 spiro atoms. The molecular formula is C11H18O2Si. The third-order valence-electron chi connectivity index (χ3n) is 2.09. The van der Waals surface area contributed by atoms with E-state index >= 15 is 0 Å². The van der Waals surface area contributed by atoms with Gasteiger partial charge in [0.25, 0.3) is 0 Å². The van der Waals surface area contributed by atoms with Gasteiger partial charge in [0, 0.05) is 7.11 Å². The molecule has 3 heteroatoms. The first-order valence-corrected chi connectivity index (χ1v) is 6.78. The molecule has 78 valence electrons. The van der Waals surface area contributed by atoms with Crippen LogP contribution in [0.3, 0.4) is 0 Å². The van der Waals surface area contributed by atoms with Gasteiger partial charge in [-0.05, 0) is 12.1 Å². The molecule has 0 fully saturated rings. The van der Waals surface area contributed by atoms with E-state index in [1.165, 1.54) is 17.7 Å². The van der Waals surface area contributed by atoms with Gasteiger partial charge in [-0.1, -0.05) is 36.7 Å². The van der Waals surface area contributed by atoms with Gasteiger partial charge in [0.2, 0.25) is 0 Å². The quantitative estimate of drug-likeness (QED) is 0.520. The molecule has 0 saturated heterocycles. The lowest BCUT2D eigenvalue weighted by molar-refractivity contribution is 0.0511. The highest BCUT2D eigenvalue weighted by atomic mass is 28.2. The number of ether oxygens (including phenoxy) is 2. The minimum atomic E-state index is -0.0334. The van der Waals surface area contributed by atoms with Crippen molar-refractivity contribution >= 4 is 14.7 Å². The van der Waals surface area contributed by atoms with Crippen molar-refractivity contribution in [2.75, 3.05) is 13.9 Å². The fourth-order valence-corrected chi connectivity index (χ4v) is 2.59. The molecule has 0 radical (unpaired) electrons. The first kappa shape index (κ1) is 11.3. The third-order valence-corrected chi connectivity index (χ3v) is 4.20. The molecule has 0 unspecified atom stereocenters. The van der Waals surface area contributed by atoms with Crippen LogP contribution in [-0.4, -0.2) is 23.4 Å². The van der Waals surface area contributed by atoms with Crippen LogP contribution in [-0.2, 0) is 4.74 Å². The number of hydrogen-bond donors (Lipinski definition) is 0. The standard InChI is InChI=1S/C11H18O2Si/c1-3-8-14-11-6-4-10(5-7-11)13-9-12-2/h4-7H,3,8-9,14H2,1-2H3. The van der Waals surface area contributed by atoms with Crippen LogP contribution in [0.5, 0.6) is 5.75 Å². The predicted octanol–water partition coefficient (Wildman–Crippen LogP) is 1.29. The van der Waals surface area contributed by atoms with Crippen molar-refractivity contribution in [2.45, 2.75) is 19.4 Å². The summed E-state index contributed by atoms with van der Waals surface area (Å²) in [6.45, 7) is 2.56.